The zero-order chi connectivity index (χ0) is 20.9. The maximum atomic E-state index is 12.4. The van der Waals surface area contributed by atoms with Crippen LogP contribution in [-0.4, -0.2) is 40.1 Å². The van der Waals surface area contributed by atoms with Crippen LogP contribution in [0, 0.1) is 0 Å². The lowest BCUT2D eigenvalue weighted by atomic mass is 9.98. The van der Waals surface area contributed by atoms with Crippen LogP contribution in [0.3, 0.4) is 0 Å². The molecule has 1 aliphatic heterocycles. The van der Waals surface area contributed by atoms with Gasteiger partial charge in [0.05, 0.1) is 12.8 Å². The Hall–Kier alpha value is -2.91. The molecule has 4 rings (SSSR count). The average Bonchev–Trinajstić information content (AvgIpc) is 3.44. The Kier molecular flexibility index (Phi) is 6.29. The van der Waals surface area contributed by atoms with Crippen LogP contribution in [0.2, 0.25) is 5.02 Å². The molecule has 2 aromatic heterocycles. The number of nitrogens with zero attached hydrogens (tertiary/aromatic N) is 3. The van der Waals surface area contributed by atoms with Crippen molar-refractivity contribution in [2.45, 2.75) is 25.3 Å². The highest BCUT2D eigenvalue weighted by Crippen LogP contribution is 2.30. The number of hydrogen-bond acceptors (Lipinski definition) is 6. The predicted octanol–water partition coefficient (Wildman–Crippen LogP) is 4.13. The molecule has 0 saturated carbocycles. The van der Waals surface area contributed by atoms with Crippen LogP contribution in [0.4, 0.5) is 10.5 Å². The van der Waals surface area contributed by atoms with E-state index in [0.717, 1.165) is 23.6 Å². The summed E-state index contributed by atoms with van der Waals surface area (Å²) in [5.74, 6) is 0.593. The number of nitrogens with one attached hydrogen (secondary N) is 2. The van der Waals surface area contributed by atoms with Crippen molar-refractivity contribution in [2.75, 3.05) is 18.4 Å². The first-order valence-corrected chi connectivity index (χ1v) is 10.7. The van der Waals surface area contributed by atoms with E-state index in [1.165, 1.54) is 11.3 Å². The van der Waals surface area contributed by atoms with Crippen molar-refractivity contribution in [2.24, 2.45) is 0 Å². The first kappa shape index (κ1) is 20.4. The summed E-state index contributed by atoms with van der Waals surface area (Å²) in [6.45, 7) is 1.61. The number of likely N-dealkylation sites (tertiary alicyclic amines) is 1. The summed E-state index contributed by atoms with van der Waals surface area (Å²) in [5.41, 5.74) is 0.609. The van der Waals surface area contributed by atoms with Gasteiger partial charge in [-0.15, -0.1) is 10.2 Å². The molecule has 3 amide bonds. The SMILES string of the molecule is O=C(Nc1cccc(Cl)c1)c1nnc(C2CCN(C(=O)NCc3ccco3)CC2)s1. The fourth-order valence-electron chi connectivity index (χ4n) is 3.26. The molecule has 10 heteroatoms. The minimum atomic E-state index is -0.309. The Bertz CT molecular complexity index is 1020. The quantitative estimate of drug-likeness (QED) is 0.615. The van der Waals surface area contributed by atoms with Crippen LogP contribution < -0.4 is 10.6 Å². The molecule has 0 unspecified atom stereocenters. The number of rotatable bonds is 5. The molecule has 3 aromatic rings. The van der Waals surface area contributed by atoms with Crippen molar-refractivity contribution in [1.82, 2.24) is 20.4 Å². The largest absolute Gasteiger partial charge is 0.467 e. The summed E-state index contributed by atoms with van der Waals surface area (Å²) in [6.07, 6.45) is 3.13. The highest BCUT2D eigenvalue weighted by molar-refractivity contribution is 7.13. The number of halogens is 1. The standard InChI is InChI=1S/C20H20ClN5O3S/c21-14-3-1-4-15(11-14)23-17(27)19-25-24-18(30-19)13-6-8-26(9-7-13)20(28)22-12-16-5-2-10-29-16/h1-5,10-11,13H,6-9,12H2,(H,22,28)(H,23,27). The molecule has 8 nitrogen and oxygen atoms in total. The van der Waals surface area contributed by atoms with E-state index in [2.05, 4.69) is 20.8 Å². The number of carbonyl (C=O) groups is 2. The van der Waals surface area contributed by atoms with Gasteiger partial charge >= 0.3 is 6.03 Å². The van der Waals surface area contributed by atoms with Crippen molar-refractivity contribution in [1.29, 1.82) is 0 Å². The van der Waals surface area contributed by atoms with Gasteiger partial charge in [-0.25, -0.2) is 4.79 Å². The molecule has 0 atom stereocenters. The van der Waals surface area contributed by atoms with Gasteiger partial charge in [0.25, 0.3) is 5.91 Å². The molecular weight excluding hydrogens is 426 g/mol. The van der Waals surface area contributed by atoms with Gasteiger partial charge in [-0.05, 0) is 43.2 Å². The lowest BCUT2D eigenvalue weighted by Crippen LogP contribution is -2.43. The number of furan rings is 1. The summed E-state index contributed by atoms with van der Waals surface area (Å²) in [6, 6.07) is 10.4. The molecule has 1 aromatic carbocycles. The number of anilines is 1. The topological polar surface area (TPSA) is 100 Å². The zero-order valence-electron chi connectivity index (χ0n) is 16.0. The molecule has 0 bridgehead atoms. The van der Waals surface area contributed by atoms with Gasteiger partial charge in [0.1, 0.15) is 10.8 Å². The van der Waals surface area contributed by atoms with E-state index in [4.69, 9.17) is 16.0 Å². The van der Waals surface area contributed by atoms with Gasteiger partial charge in [-0.1, -0.05) is 29.0 Å². The molecule has 1 fully saturated rings. The Morgan fingerprint density at radius 1 is 1.20 bits per heavy atom. The Labute approximate surface area is 182 Å². The second-order valence-corrected chi connectivity index (χ2v) is 8.35. The van der Waals surface area contributed by atoms with Crippen molar-refractivity contribution in [3.63, 3.8) is 0 Å². The van der Waals surface area contributed by atoms with Gasteiger partial charge in [-0.2, -0.15) is 0 Å². The van der Waals surface area contributed by atoms with Gasteiger partial charge in [0.15, 0.2) is 0 Å². The van der Waals surface area contributed by atoms with Crippen molar-refractivity contribution in [3.8, 4) is 0 Å². The summed E-state index contributed by atoms with van der Waals surface area (Å²) < 4.78 is 5.22. The second-order valence-electron chi connectivity index (χ2n) is 6.91. The molecule has 0 radical (unpaired) electrons. The first-order valence-electron chi connectivity index (χ1n) is 9.54. The number of aromatic nitrogens is 2. The summed E-state index contributed by atoms with van der Waals surface area (Å²) in [7, 11) is 0. The third-order valence-electron chi connectivity index (χ3n) is 4.84. The lowest BCUT2D eigenvalue weighted by molar-refractivity contribution is 0.102. The maximum absolute atomic E-state index is 12.4. The first-order chi connectivity index (χ1) is 14.6. The van der Waals surface area contributed by atoms with Crippen LogP contribution in [0.25, 0.3) is 0 Å². The van der Waals surface area contributed by atoms with Crippen molar-refractivity contribution < 1.29 is 14.0 Å². The van der Waals surface area contributed by atoms with Gasteiger partial charge in [-0.3, -0.25) is 4.79 Å². The Balaban J connectivity index is 1.28. The number of benzene rings is 1. The number of amides is 3. The number of hydrogen-bond donors (Lipinski definition) is 2. The summed E-state index contributed by atoms with van der Waals surface area (Å²) in [4.78, 5) is 26.5. The van der Waals surface area contributed by atoms with E-state index in [9.17, 15) is 9.59 Å². The average molecular weight is 446 g/mol. The minimum absolute atomic E-state index is 0.108. The van der Waals surface area contributed by atoms with Crippen LogP contribution >= 0.6 is 22.9 Å². The van der Waals surface area contributed by atoms with Gasteiger partial charge in [0.2, 0.25) is 5.01 Å². The van der Waals surface area contributed by atoms with Crippen LogP contribution in [0.1, 0.15) is 39.3 Å². The van der Waals surface area contributed by atoms with E-state index in [-0.39, 0.29) is 17.9 Å². The fraction of sp³-hybridized carbons (Fsp3) is 0.300. The van der Waals surface area contributed by atoms with E-state index >= 15 is 0 Å². The van der Waals surface area contributed by atoms with Crippen LogP contribution in [0.15, 0.2) is 47.1 Å². The number of carbonyl (C=O) groups excluding carboxylic acids is 2. The lowest BCUT2D eigenvalue weighted by Gasteiger charge is -2.30. The molecule has 30 heavy (non-hydrogen) atoms. The van der Waals surface area contributed by atoms with E-state index in [1.807, 2.05) is 6.07 Å². The predicted molar refractivity (Wildman–Crippen MR) is 114 cm³/mol. The van der Waals surface area contributed by atoms with E-state index in [0.29, 0.717) is 35.4 Å². The van der Waals surface area contributed by atoms with Gasteiger partial charge in [0, 0.05) is 29.7 Å². The van der Waals surface area contributed by atoms with Gasteiger partial charge < -0.3 is 20.0 Å². The Morgan fingerprint density at radius 3 is 2.77 bits per heavy atom. The zero-order valence-corrected chi connectivity index (χ0v) is 17.6. The van der Waals surface area contributed by atoms with E-state index in [1.54, 1.807) is 41.5 Å². The third kappa shape index (κ3) is 4.98. The molecule has 1 aliphatic rings. The highest BCUT2D eigenvalue weighted by Gasteiger charge is 2.27. The van der Waals surface area contributed by atoms with Crippen molar-refractivity contribution in [3.05, 3.63) is 63.5 Å². The molecule has 156 valence electrons. The summed E-state index contributed by atoms with van der Waals surface area (Å²) >= 11 is 7.24. The molecule has 0 spiro atoms. The third-order valence-corrected chi connectivity index (χ3v) is 6.16. The molecule has 0 aliphatic carbocycles. The smallest absolute Gasteiger partial charge is 0.317 e. The molecule has 1 saturated heterocycles. The highest BCUT2D eigenvalue weighted by atomic mass is 35.5. The maximum Gasteiger partial charge on any atom is 0.317 e. The van der Waals surface area contributed by atoms with Crippen LogP contribution in [-0.2, 0) is 6.54 Å². The summed E-state index contributed by atoms with van der Waals surface area (Å²) in [5, 5.41) is 15.6. The monoisotopic (exact) mass is 445 g/mol. The minimum Gasteiger partial charge on any atom is -0.467 e. The number of piperidine rings is 1. The van der Waals surface area contributed by atoms with Crippen molar-refractivity contribution >= 4 is 40.6 Å². The normalized spacial score (nSPS) is 14.5. The number of urea groups is 1. The fourth-order valence-corrected chi connectivity index (χ4v) is 4.36. The molecule has 2 N–H and O–H groups in total. The van der Waals surface area contributed by atoms with Crippen LogP contribution in [0.5, 0.6) is 0 Å². The molecular formula is C20H20ClN5O3S. The van der Waals surface area contributed by atoms with E-state index < -0.39 is 0 Å². The second kappa shape index (κ2) is 9.27. The Morgan fingerprint density at radius 2 is 2.03 bits per heavy atom. The molecule has 3 heterocycles.